The van der Waals surface area contributed by atoms with Crippen LogP contribution in [0.2, 0.25) is 0 Å². The van der Waals surface area contributed by atoms with Crippen molar-refractivity contribution in [3.63, 3.8) is 0 Å². The van der Waals surface area contributed by atoms with Gasteiger partial charge in [-0.15, -0.1) is 0 Å². The maximum atomic E-state index is 12.6. The maximum Gasteiger partial charge on any atom is 0.313 e. The van der Waals surface area contributed by atoms with Crippen molar-refractivity contribution < 1.29 is 39.5 Å². The maximum absolute atomic E-state index is 12.6. The number of esters is 1. The van der Waals surface area contributed by atoms with Crippen molar-refractivity contribution in [2.45, 2.75) is 43.5 Å². The van der Waals surface area contributed by atoms with Gasteiger partial charge in [0.2, 0.25) is 0 Å². The Morgan fingerprint density at radius 1 is 0.933 bits per heavy atom. The molecule has 1 fully saturated rings. The van der Waals surface area contributed by atoms with Gasteiger partial charge in [-0.2, -0.15) is 0 Å². The molecule has 0 saturated carbocycles. The Morgan fingerprint density at radius 2 is 1.60 bits per heavy atom. The van der Waals surface area contributed by atoms with Gasteiger partial charge in [-0.1, -0.05) is 48.5 Å². The van der Waals surface area contributed by atoms with E-state index in [9.17, 15) is 30.0 Å². The molecule has 6 atom stereocenters. The van der Waals surface area contributed by atoms with E-state index >= 15 is 0 Å². The quantitative estimate of drug-likeness (QED) is 0.392. The third-order valence-electron chi connectivity index (χ3n) is 5.12. The molecule has 5 unspecified atom stereocenters. The van der Waals surface area contributed by atoms with Crippen molar-refractivity contribution in [3.8, 4) is 0 Å². The van der Waals surface area contributed by atoms with Crippen LogP contribution in [0.5, 0.6) is 0 Å². The fourth-order valence-electron chi connectivity index (χ4n) is 3.20. The van der Waals surface area contributed by atoms with Crippen LogP contribution < -0.4 is 0 Å². The highest BCUT2D eigenvalue weighted by molar-refractivity contribution is 6.09. The minimum Gasteiger partial charge on any atom is -0.462 e. The van der Waals surface area contributed by atoms with Gasteiger partial charge in [0.1, 0.15) is 31.0 Å². The molecule has 4 N–H and O–H groups in total. The fourth-order valence-corrected chi connectivity index (χ4v) is 3.20. The average Bonchev–Trinajstić information content (AvgIpc) is 2.78. The molecule has 0 aliphatic carbocycles. The van der Waals surface area contributed by atoms with Gasteiger partial charge in [0.25, 0.3) is 0 Å². The molecule has 0 spiro atoms. The minimum atomic E-state index is -1.70. The van der Waals surface area contributed by atoms with Crippen LogP contribution in [0.3, 0.4) is 0 Å². The zero-order chi connectivity index (χ0) is 21.8. The number of benzene rings is 2. The summed E-state index contributed by atoms with van der Waals surface area (Å²) >= 11 is 0. The molecule has 0 radical (unpaired) electrons. The van der Waals surface area contributed by atoms with Crippen LogP contribution in [-0.4, -0.2) is 69.5 Å². The molecule has 1 heterocycles. The van der Waals surface area contributed by atoms with Crippen LogP contribution in [-0.2, 0) is 14.3 Å². The van der Waals surface area contributed by atoms with E-state index in [0.717, 1.165) is 0 Å². The summed E-state index contributed by atoms with van der Waals surface area (Å²) in [5.74, 6) is -1.52. The Morgan fingerprint density at radius 3 is 2.30 bits per heavy atom. The van der Waals surface area contributed by atoms with Gasteiger partial charge >= 0.3 is 5.97 Å². The van der Waals surface area contributed by atoms with Gasteiger partial charge in [-0.3, -0.25) is 9.59 Å². The fraction of sp³-hybridized carbons (Fsp3) is 0.364. The molecule has 30 heavy (non-hydrogen) atoms. The van der Waals surface area contributed by atoms with E-state index in [1.54, 1.807) is 55.5 Å². The minimum absolute atomic E-state index is 0.168. The molecule has 0 amide bonds. The molecule has 0 aromatic heterocycles. The second-order valence-electron chi connectivity index (χ2n) is 7.21. The Hall–Kier alpha value is -2.62. The third-order valence-corrected chi connectivity index (χ3v) is 5.12. The van der Waals surface area contributed by atoms with Crippen molar-refractivity contribution >= 4 is 11.8 Å². The summed E-state index contributed by atoms with van der Waals surface area (Å²) < 4.78 is 10.2. The highest BCUT2D eigenvalue weighted by Crippen LogP contribution is 2.23. The molecule has 1 saturated heterocycles. The Bertz CT molecular complexity index is 884. The topological polar surface area (TPSA) is 134 Å². The molecule has 160 valence electrons. The van der Waals surface area contributed by atoms with Crippen LogP contribution in [0.1, 0.15) is 34.3 Å². The second kappa shape index (κ2) is 9.46. The summed E-state index contributed by atoms with van der Waals surface area (Å²) in [5.41, 5.74) is 1.54. The summed E-state index contributed by atoms with van der Waals surface area (Å²) in [4.78, 5) is 25.1. The van der Waals surface area contributed by atoms with Crippen LogP contribution in [0.4, 0.5) is 0 Å². The van der Waals surface area contributed by atoms with Crippen LogP contribution >= 0.6 is 0 Å². The molecule has 1 aliphatic rings. The van der Waals surface area contributed by atoms with E-state index in [4.69, 9.17) is 9.47 Å². The Balaban J connectivity index is 1.64. The van der Waals surface area contributed by atoms with Crippen LogP contribution in [0, 0.1) is 0 Å². The number of aliphatic hydroxyl groups is 4. The molecule has 8 nitrogen and oxygen atoms in total. The van der Waals surface area contributed by atoms with Gasteiger partial charge < -0.3 is 29.9 Å². The van der Waals surface area contributed by atoms with Crippen molar-refractivity contribution in [3.05, 3.63) is 71.3 Å². The lowest BCUT2D eigenvalue weighted by Crippen LogP contribution is -2.58. The monoisotopic (exact) mass is 416 g/mol. The Kier molecular flexibility index (Phi) is 6.96. The van der Waals surface area contributed by atoms with Crippen molar-refractivity contribution in [2.24, 2.45) is 0 Å². The van der Waals surface area contributed by atoms with E-state index in [0.29, 0.717) is 16.7 Å². The molecular formula is C22H24O8. The van der Waals surface area contributed by atoms with Crippen molar-refractivity contribution in [1.29, 1.82) is 0 Å². The zero-order valence-electron chi connectivity index (χ0n) is 16.3. The smallest absolute Gasteiger partial charge is 0.313 e. The molecule has 3 rings (SSSR count). The van der Waals surface area contributed by atoms with E-state index in [1.165, 1.54) is 0 Å². The SMILES string of the molecule is CC(C(=O)OCC1O[C@H](O)C(O)C(O)C1O)c1cccc(C(=O)c2ccccc2)c1. The van der Waals surface area contributed by atoms with E-state index < -0.39 is 49.2 Å². The largest absolute Gasteiger partial charge is 0.462 e. The average molecular weight is 416 g/mol. The lowest BCUT2D eigenvalue weighted by molar-refractivity contribution is -0.287. The molecular weight excluding hydrogens is 392 g/mol. The van der Waals surface area contributed by atoms with Crippen molar-refractivity contribution in [1.82, 2.24) is 0 Å². The summed E-state index contributed by atoms with van der Waals surface area (Å²) in [7, 11) is 0. The van der Waals surface area contributed by atoms with Gasteiger partial charge in [-0.05, 0) is 18.6 Å². The first-order valence-electron chi connectivity index (χ1n) is 9.53. The van der Waals surface area contributed by atoms with Crippen molar-refractivity contribution in [2.75, 3.05) is 6.61 Å². The number of carbonyl (C=O) groups excluding carboxylic acids is 2. The van der Waals surface area contributed by atoms with Crippen LogP contribution in [0.25, 0.3) is 0 Å². The number of rotatable bonds is 6. The summed E-state index contributed by atoms with van der Waals surface area (Å²) in [6.07, 6.45) is -7.71. The number of ether oxygens (including phenoxy) is 2. The first-order valence-corrected chi connectivity index (χ1v) is 9.53. The van der Waals surface area contributed by atoms with Gasteiger partial charge in [-0.25, -0.2) is 0 Å². The first-order chi connectivity index (χ1) is 14.3. The second-order valence-corrected chi connectivity index (χ2v) is 7.21. The summed E-state index contributed by atoms with van der Waals surface area (Å²) in [6, 6.07) is 15.4. The summed E-state index contributed by atoms with van der Waals surface area (Å²) in [5, 5.41) is 38.7. The number of carbonyl (C=O) groups is 2. The highest BCUT2D eigenvalue weighted by atomic mass is 16.6. The lowest BCUT2D eigenvalue weighted by Gasteiger charge is -2.38. The molecule has 2 aromatic carbocycles. The number of ketones is 1. The van der Waals surface area contributed by atoms with Gasteiger partial charge in [0.05, 0.1) is 5.92 Å². The number of hydrogen-bond donors (Lipinski definition) is 4. The molecule has 1 aliphatic heterocycles. The van der Waals surface area contributed by atoms with Crippen LogP contribution in [0.15, 0.2) is 54.6 Å². The number of hydrogen-bond acceptors (Lipinski definition) is 8. The number of aliphatic hydroxyl groups excluding tert-OH is 4. The highest BCUT2D eigenvalue weighted by Gasteiger charge is 2.43. The van der Waals surface area contributed by atoms with E-state index in [2.05, 4.69) is 0 Å². The molecule has 2 aromatic rings. The summed E-state index contributed by atoms with van der Waals surface area (Å²) in [6.45, 7) is 1.19. The third kappa shape index (κ3) is 4.75. The van der Waals surface area contributed by atoms with E-state index in [-0.39, 0.29) is 5.78 Å². The first kappa shape index (κ1) is 22.1. The normalized spacial score (nSPS) is 27.3. The predicted octanol–water partition coefficient (Wildman–Crippen LogP) is 0.364. The zero-order valence-corrected chi connectivity index (χ0v) is 16.3. The molecule has 0 bridgehead atoms. The van der Waals surface area contributed by atoms with Gasteiger partial charge in [0, 0.05) is 11.1 Å². The van der Waals surface area contributed by atoms with E-state index in [1.807, 2.05) is 6.07 Å². The van der Waals surface area contributed by atoms with Gasteiger partial charge in [0.15, 0.2) is 12.1 Å². The Labute approximate surface area is 173 Å². The molecule has 8 heteroatoms. The predicted molar refractivity (Wildman–Crippen MR) is 105 cm³/mol. The lowest BCUT2D eigenvalue weighted by atomic mass is 9.95. The standard InChI is InChI=1S/C22H24O8/c1-12(21(27)29-11-16-18(24)19(25)20(26)22(28)30-16)14-8-5-9-15(10-14)17(23)13-6-3-2-4-7-13/h2-10,12,16,18-20,22,24-26,28H,11H2,1H3/t12?,16?,18?,19?,20?,22-/m0/s1.